The Balaban J connectivity index is 0.00000121. The summed E-state index contributed by atoms with van der Waals surface area (Å²) in [6.07, 6.45) is 0. The van der Waals surface area contributed by atoms with E-state index in [4.69, 9.17) is 15.2 Å². The van der Waals surface area contributed by atoms with E-state index >= 15 is 0 Å². The minimum absolute atomic E-state index is 0. The molecule has 0 amide bonds. The molecule has 1 fully saturated rings. The Morgan fingerprint density at radius 2 is 1.83 bits per heavy atom. The molecule has 0 bridgehead atoms. The van der Waals surface area contributed by atoms with Gasteiger partial charge in [0.25, 0.3) is 0 Å². The molecule has 12 heavy (non-hydrogen) atoms. The monoisotopic (exact) mass is 195 g/mol. The van der Waals surface area contributed by atoms with E-state index in [2.05, 4.69) is 0 Å². The quantitative estimate of drug-likeness (QED) is 0.678. The second-order valence-electron chi connectivity index (χ2n) is 4.01. The number of nitrogens with two attached hydrogens (primary N) is 1. The van der Waals surface area contributed by atoms with E-state index in [1.165, 1.54) is 0 Å². The van der Waals surface area contributed by atoms with Crippen molar-refractivity contribution in [2.24, 2.45) is 5.73 Å². The van der Waals surface area contributed by atoms with Crippen LogP contribution in [0.25, 0.3) is 0 Å². The summed E-state index contributed by atoms with van der Waals surface area (Å²) in [6.45, 7) is 7.78. The molecule has 0 aromatic rings. The lowest BCUT2D eigenvalue weighted by molar-refractivity contribution is -0.225. The molecular formula is C8H18ClNO2. The Hall–Kier alpha value is 0.170. The Labute approximate surface area is 80.0 Å². The van der Waals surface area contributed by atoms with Crippen LogP contribution in [0.5, 0.6) is 0 Å². The van der Waals surface area contributed by atoms with Crippen LogP contribution in [0, 0.1) is 0 Å². The number of rotatable bonds is 1. The predicted molar refractivity (Wildman–Crippen MR) is 50.7 cm³/mol. The van der Waals surface area contributed by atoms with Crippen molar-refractivity contribution >= 4 is 12.4 Å². The summed E-state index contributed by atoms with van der Waals surface area (Å²) in [7, 11) is 0. The van der Waals surface area contributed by atoms with Gasteiger partial charge in [0.05, 0.1) is 18.8 Å². The highest BCUT2D eigenvalue weighted by Crippen LogP contribution is 2.25. The van der Waals surface area contributed by atoms with Gasteiger partial charge in [0.2, 0.25) is 0 Å². The Bertz CT molecular complexity index is 152. The standard InChI is InChI=1S/C8H17NO2.ClH/c1-7(2)5-10-6-8(3,4-9)11-7;/h4-6,9H2,1-3H3;1H. The van der Waals surface area contributed by atoms with Crippen molar-refractivity contribution in [2.45, 2.75) is 32.0 Å². The fraction of sp³-hybridized carbons (Fsp3) is 1.00. The third-order valence-electron chi connectivity index (χ3n) is 1.81. The second-order valence-corrected chi connectivity index (χ2v) is 4.01. The zero-order valence-electron chi connectivity index (χ0n) is 7.92. The van der Waals surface area contributed by atoms with Crippen LogP contribution in [-0.2, 0) is 9.47 Å². The van der Waals surface area contributed by atoms with E-state index in [1.807, 2.05) is 20.8 Å². The molecule has 2 N–H and O–H groups in total. The predicted octanol–water partition coefficient (Wildman–Crippen LogP) is 0.951. The summed E-state index contributed by atoms with van der Waals surface area (Å²) >= 11 is 0. The summed E-state index contributed by atoms with van der Waals surface area (Å²) in [5, 5.41) is 0. The largest absolute Gasteiger partial charge is 0.375 e. The molecule has 1 rings (SSSR count). The van der Waals surface area contributed by atoms with Gasteiger partial charge >= 0.3 is 0 Å². The number of halogens is 1. The first-order valence-electron chi connectivity index (χ1n) is 3.95. The Morgan fingerprint density at radius 3 is 2.17 bits per heavy atom. The molecular weight excluding hydrogens is 178 g/mol. The lowest BCUT2D eigenvalue weighted by Crippen LogP contribution is -2.54. The molecule has 0 aromatic carbocycles. The van der Waals surface area contributed by atoms with Crippen molar-refractivity contribution in [3.05, 3.63) is 0 Å². The summed E-state index contributed by atoms with van der Waals surface area (Å²) in [4.78, 5) is 0. The molecule has 1 aliphatic heterocycles. The first kappa shape index (κ1) is 12.2. The third kappa shape index (κ3) is 2.90. The van der Waals surface area contributed by atoms with E-state index in [1.54, 1.807) is 0 Å². The topological polar surface area (TPSA) is 44.5 Å². The molecule has 1 unspecified atom stereocenters. The molecule has 1 atom stereocenters. The van der Waals surface area contributed by atoms with Crippen molar-refractivity contribution < 1.29 is 9.47 Å². The zero-order valence-corrected chi connectivity index (χ0v) is 8.74. The summed E-state index contributed by atoms with van der Waals surface area (Å²) in [6, 6.07) is 0. The molecule has 1 aliphatic rings. The highest BCUT2D eigenvalue weighted by molar-refractivity contribution is 5.85. The van der Waals surface area contributed by atoms with Crippen LogP contribution >= 0.6 is 12.4 Å². The highest BCUT2D eigenvalue weighted by atomic mass is 35.5. The van der Waals surface area contributed by atoms with Crippen molar-refractivity contribution in [3.63, 3.8) is 0 Å². The van der Waals surface area contributed by atoms with E-state index in [9.17, 15) is 0 Å². The molecule has 4 heteroatoms. The van der Waals surface area contributed by atoms with Crippen LogP contribution in [-0.4, -0.2) is 31.0 Å². The molecule has 0 saturated carbocycles. The Morgan fingerprint density at radius 1 is 1.25 bits per heavy atom. The number of hydrogen-bond donors (Lipinski definition) is 1. The summed E-state index contributed by atoms with van der Waals surface area (Å²) in [5.41, 5.74) is 5.08. The van der Waals surface area contributed by atoms with Gasteiger partial charge < -0.3 is 15.2 Å². The number of ether oxygens (including phenoxy) is 2. The SMILES string of the molecule is CC1(C)COCC(C)(CN)O1.Cl. The third-order valence-corrected chi connectivity index (χ3v) is 1.81. The second kappa shape index (κ2) is 3.92. The lowest BCUT2D eigenvalue weighted by Gasteiger charge is -2.42. The van der Waals surface area contributed by atoms with Crippen molar-refractivity contribution in [2.75, 3.05) is 19.8 Å². The molecule has 74 valence electrons. The highest BCUT2D eigenvalue weighted by Gasteiger charge is 2.36. The normalized spacial score (nSPS) is 34.0. The minimum atomic E-state index is -0.290. The molecule has 0 radical (unpaired) electrons. The zero-order chi connectivity index (χ0) is 8.54. The summed E-state index contributed by atoms with van der Waals surface area (Å²) in [5.74, 6) is 0. The van der Waals surface area contributed by atoms with Crippen LogP contribution in [0.3, 0.4) is 0 Å². The van der Waals surface area contributed by atoms with Gasteiger partial charge in [0, 0.05) is 6.54 Å². The lowest BCUT2D eigenvalue weighted by atomic mass is 10.0. The van der Waals surface area contributed by atoms with Crippen molar-refractivity contribution in [1.29, 1.82) is 0 Å². The van der Waals surface area contributed by atoms with E-state index in [0.29, 0.717) is 19.8 Å². The first-order chi connectivity index (χ1) is 4.97. The Kier molecular flexibility index (Phi) is 3.97. The smallest absolute Gasteiger partial charge is 0.102 e. The molecule has 0 spiro atoms. The van der Waals surface area contributed by atoms with E-state index in [0.717, 1.165) is 0 Å². The maximum atomic E-state index is 5.76. The maximum Gasteiger partial charge on any atom is 0.102 e. The van der Waals surface area contributed by atoms with E-state index in [-0.39, 0.29) is 23.6 Å². The molecule has 1 saturated heterocycles. The van der Waals surface area contributed by atoms with Gasteiger partial charge in [-0.05, 0) is 20.8 Å². The van der Waals surface area contributed by atoms with Gasteiger partial charge in [-0.1, -0.05) is 0 Å². The van der Waals surface area contributed by atoms with Crippen LogP contribution in [0.4, 0.5) is 0 Å². The van der Waals surface area contributed by atoms with Crippen molar-refractivity contribution in [1.82, 2.24) is 0 Å². The molecule has 0 aromatic heterocycles. The average molecular weight is 196 g/mol. The van der Waals surface area contributed by atoms with Gasteiger partial charge in [0.1, 0.15) is 5.60 Å². The molecule has 3 nitrogen and oxygen atoms in total. The van der Waals surface area contributed by atoms with E-state index < -0.39 is 0 Å². The van der Waals surface area contributed by atoms with Crippen LogP contribution in [0.15, 0.2) is 0 Å². The van der Waals surface area contributed by atoms with Gasteiger partial charge in [-0.2, -0.15) is 0 Å². The average Bonchev–Trinajstić information content (AvgIpc) is 1.85. The van der Waals surface area contributed by atoms with Gasteiger partial charge in [-0.15, -0.1) is 12.4 Å². The first-order valence-corrected chi connectivity index (χ1v) is 3.95. The minimum Gasteiger partial charge on any atom is -0.375 e. The van der Waals surface area contributed by atoms with Crippen LogP contribution < -0.4 is 5.73 Å². The number of hydrogen-bond acceptors (Lipinski definition) is 3. The molecule has 1 heterocycles. The van der Waals surface area contributed by atoms with Crippen molar-refractivity contribution in [3.8, 4) is 0 Å². The van der Waals surface area contributed by atoms with Gasteiger partial charge in [-0.3, -0.25) is 0 Å². The van der Waals surface area contributed by atoms with Gasteiger partial charge in [-0.25, -0.2) is 0 Å². The van der Waals surface area contributed by atoms with Crippen LogP contribution in [0.2, 0.25) is 0 Å². The fourth-order valence-corrected chi connectivity index (χ4v) is 1.34. The maximum absolute atomic E-state index is 5.76. The van der Waals surface area contributed by atoms with Gasteiger partial charge in [0.15, 0.2) is 0 Å². The molecule has 0 aliphatic carbocycles. The summed E-state index contributed by atoms with van der Waals surface area (Å²) < 4.78 is 11.1. The fourth-order valence-electron chi connectivity index (χ4n) is 1.34. The van der Waals surface area contributed by atoms with Crippen LogP contribution in [0.1, 0.15) is 20.8 Å².